The molecule has 490 valence electrons. The fourth-order valence-corrected chi connectivity index (χ4v) is 10.5. The van der Waals surface area contributed by atoms with Crippen molar-refractivity contribution < 1.29 is 42.9 Å². The van der Waals surface area contributed by atoms with Crippen molar-refractivity contribution >= 4 is 17.9 Å². The minimum atomic E-state index is -1.51. The Hall–Kier alpha value is -3.01. The van der Waals surface area contributed by atoms with Crippen molar-refractivity contribution in [3.8, 4) is 0 Å². The van der Waals surface area contributed by atoms with Crippen LogP contribution in [0.5, 0.6) is 0 Å². The fourth-order valence-electron chi connectivity index (χ4n) is 10.5. The van der Waals surface area contributed by atoms with E-state index in [1.807, 2.05) is 21.1 Å². The Morgan fingerprint density at radius 1 is 0.369 bits per heavy atom. The van der Waals surface area contributed by atoms with Gasteiger partial charge in [-0.05, 0) is 77.0 Å². The van der Waals surface area contributed by atoms with Crippen molar-refractivity contribution in [1.82, 2.24) is 0 Å². The van der Waals surface area contributed by atoms with Gasteiger partial charge in [0.2, 0.25) is 0 Å². The molecule has 84 heavy (non-hydrogen) atoms. The van der Waals surface area contributed by atoms with E-state index in [-0.39, 0.29) is 38.2 Å². The number of rotatable bonds is 67. The second-order valence-corrected chi connectivity index (χ2v) is 25.5. The van der Waals surface area contributed by atoms with E-state index in [1.54, 1.807) is 0 Å². The van der Waals surface area contributed by atoms with E-state index in [0.717, 1.165) is 64.2 Å². The lowest BCUT2D eigenvalue weighted by molar-refractivity contribution is -0.870. The molecule has 0 saturated heterocycles. The van der Waals surface area contributed by atoms with Crippen molar-refractivity contribution in [3.05, 3.63) is 60.8 Å². The predicted molar refractivity (Wildman–Crippen MR) is 360 cm³/mol. The molecule has 0 rings (SSSR count). The SMILES string of the molecule is CC/C=C\C/C=C\C/C=C\C/C=C\CCCCCCCCCCCCCCCCCCCCCCCCCCCCCCC(=O)OC(COC(=O)CCCCCCCCC/C=C\CCCCCCCCC)COC(OCC[N+](C)(C)C)C(=O)O. The Balaban J connectivity index is 3.93. The lowest BCUT2D eigenvalue weighted by Gasteiger charge is -2.25. The van der Waals surface area contributed by atoms with Crippen LogP contribution < -0.4 is 0 Å². The largest absolute Gasteiger partial charge is 0.477 e. The van der Waals surface area contributed by atoms with Crippen molar-refractivity contribution in [2.45, 2.75) is 354 Å². The summed E-state index contributed by atoms with van der Waals surface area (Å²) in [5.74, 6) is -1.99. The summed E-state index contributed by atoms with van der Waals surface area (Å²) in [6.07, 6.45) is 83.6. The molecule has 0 amide bonds. The average molecular weight is 1180 g/mol. The number of ether oxygens (including phenoxy) is 4. The molecule has 0 saturated carbocycles. The molecule has 0 fully saturated rings. The number of aliphatic carboxylic acids is 1. The van der Waals surface area contributed by atoms with Gasteiger partial charge in [-0.15, -0.1) is 0 Å². The number of allylic oxidation sites excluding steroid dienone is 10. The van der Waals surface area contributed by atoms with Gasteiger partial charge >= 0.3 is 17.9 Å². The maximum Gasteiger partial charge on any atom is 0.361 e. The van der Waals surface area contributed by atoms with Crippen molar-refractivity contribution in [3.63, 3.8) is 0 Å². The molecule has 0 aliphatic carbocycles. The first-order chi connectivity index (χ1) is 41.1. The van der Waals surface area contributed by atoms with Crippen molar-refractivity contribution in [2.75, 3.05) is 47.5 Å². The number of carboxylic acid groups (broad SMARTS) is 1. The maximum atomic E-state index is 12.9. The highest BCUT2D eigenvalue weighted by Crippen LogP contribution is 2.19. The third-order valence-electron chi connectivity index (χ3n) is 16.0. The molecule has 0 aromatic carbocycles. The highest BCUT2D eigenvalue weighted by atomic mass is 16.7. The Bertz CT molecular complexity index is 1560. The van der Waals surface area contributed by atoms with Gasteiger partial charge in [0.15, 0.2) is 6.10 Å². The number of unbranched alkanes of at least 4 members (excludes halogenated alkanes) is 42. The number of nitrogens with zero attached hydrogens (tertiary/aromatic N) is 1. The van der Waals surface area contributed by atoms with Crippen LogP contribution in [0.3, 0.4) is 0 Å². The summed E-state index contributed by atoms with van der Waals surface area (Å²) in [6, 6.07) is 0. The number of quaternary nitrogens is 1. The number of carbonyl (C=O) groups is 3. The fraction of sp³-hybridized carbons (Fsp3) is 0.827. The molecular formula is C75H138NO8+. The average Bonchev–Trinajstić information content (AvgIpc) is 3.52. The first-order valence-corrected chi connectivity index (χ1v) is 36.0. The molecule has 2 atom stereocenters. The van der Waals surface area contributed by atoms with Crippen LogP contribution in [0.4, 0.5) is 0 Å². The minimum absolute atomic E-state index is 0.180. The molecule has 0 spiro atoms. The quantitative estimate of drug-likeness (QED) is 0.0211. The van der Waals surface area contributed by atoms with Gasteiger partial charge in [0, 0.05) is 12.8 Å². The number of carbonyl (C=O) groups excluding carboxylic acids is 2. The van der Waals surface area contributed by atoms with Gasteiger partial charge < -0.3 is 28.5 Å². The first kappa shape index (κ1) is 81.0. The summed E-state index contributed by atoms with van der Waals surface area (Å²) >= 11 is 0. The second kappa shape index (κ2) is 66.0. The van der Waals surface area contributed by atoms with Gasteiger partial charge in [-0.1, -0.05) is 312 Å². The van der Waals surface area contributed by atoms with Crippen LogP contribution in [0.25, 0.3) is 0 Å². The Morgan fingerprint density at radius 2 is 0.679 bits per heavy atom. The summed E-state index contributed by atoms with van der Waals surface area (Å²) < 4.78 is 23.0. The molecular weight excluding hydrogens is 1040 g/mol. The van der Waals surface area contributed by atoms with Gasteiger partial charge in [-0.3, -0.25) is 9.59 Å². The maximum absolute atomic E-state index is 12.9. The van der Waals surface area contributed by atoms with E-state index >= 15 is 0 Å². The lowest BCUT2D eigenvalue weighted by atomic mass is 10.0. The van der Waals surface area contributed by atoms with Gasteiger partial charge in [0.1, 0.15) is 13.2 Å². The van der Waals surface area contributed by atoms with Gasteiger partial charge in [-0.2, -0.15) is 0 Å². The summed E-state index contributed by atoms with van der Waals surface area (Å²) in [7, 11) is 5.98. The summed E-state index contributed by atoms with van der Waals surface area (Å²) in [6.45, 7) is 4.81. The second-order valence-electron chi connectivity index (χ2n) is 25.5. The van der Waals surface area contributed by atoms with Crippen LogP contribution in [-0.4, -0.2) is 87.4 Å². The van der Waals surface area contributed by atoms with Gasteiger partial charge in [0.25, 0.3) is 6.29 Å². The lowest BCUT2D eigenvalue weighted by Crippen LogP contribution is -2.40. The molecule has 0 aromatic rings. The number of likely N-dealkylation sites (N-methyl/N-ethyl adjacent to an activating group) is 1. The third-order valence-corrected chi connectivity index (χ3v) is 16.0. The van der Waals surface area contributed by atoms with Crippen LogP contribution in [0.15, 0.2) is 60.8 Å². The van der Waals surface area contributed by atoms with Gasteiger partial charge in [0.05, 0.1) is 34.4 Å². The van der Waals surface area contributed by atoms with E-state index in [0.29, 0.717) is 17.4 Å². The molecule has 0 aliphatic rings. The van der Waals surface area contributed by atoms with E-state index in [2.05, 4.69) is 74.6 Å². The van der Waals surface area contributed by atoms with Crippen LogP contribution in [-0.2, 0) is 33.3 Å². The van der Waals surface area contributed by atoms with Crippen LogP contribution in [0, 0.1) is 0 Å². The van der Waals surface area contributed by atoms with E-state index in [1.165, 1.54) is 250 Å². The first-order valence-electron chi connectivity index (χ1n) is 36.0. The molecule has 0 bridgehead atoms. The molecule has 1 N–H and O–H groups in total. The van der Waals surface area contributed by atoms with Crippen LogP contribution in [0.2, 0.25) is 0 Å². The Kier molecular flexibility index (Phi) is 63.6. The Labute approximate surface area is 520 Å². The number of esters is 2. The molecule has 9 nitrogen and oxygen atoms in total. The zero-order valence-electron chi connectivity index (χ0n) is 56.1. The number of hydrogen-bond acceptors (Lipinski definition) is 7. The third kappa shape index (κ3) is 66.5. The zero-order chi connectivity index (χ0) is 61.2. The van der Waals surface area contributed by atoms with Crippen LogP contribution in [0.1, 0.15) is 341 Å². The molecule has 0 heterocycles. The normalized spacial score (nSPS) is 13.0. The van der Waals surface area contributed by atoms with E-state index < -0.39 is 18.4 Å². The zero-order valence-corrected chi connectivity index (χ0v) is 56.1. The topological polar surface area (TPSA) is 108 Å². The summed E-state index contributed by atoms with van der Waals surface area (Å²) in [4.78, 5) is 37.6. The minimum Gasteiger partial charge on any atom is -0.477 e. The molecule has 0 aliphatic heterocycles. The highest BCUT2D eigenvalue weighted by Gasteiger charge is 2.25. The monoisotopic (exact) mass is 1180 g/mol. The molecule has 0 aromatic heterocycles. The summed E-state index contributed by atoms with van der Waals surface area (Å²) in [5, 5.41) is 9.73. The number of hydrogen-bond donors (Lipinski definition) is 1. The van der Waals surface area contributed by atoms with Crippen LogP contribution >= 0.6 is 0 Å². The predicted octanol–water partition coefficient (Wildman–Crippen LogP) is 22.3. The number of carboxylic acids is 1. The highest BCUT2D eigenvalue weighted by molar-refractivity contribution is 5.71. The summed E-state index contributed by atoms with van der Waals surface area (Å²) in [5.41, 5.74) is 0. The molecule has 0 radical (unpaired) electrons. The van der Waals surface area contributed by atoms with E-state index in [9.17, 15) is 19.5 Å². The van der Waals surface area contributed by atoms with E-state index in [4.69, 9.17) is 18.9 Å². The Morgan fingerprint density at radius 3 is 1.02 bits per heavy atom. The smallest absolute Gasteiger partial charge is 0.361 e. The molecule has 9 heteroatoms. The van der Waals surface area contributed by atoms with Crippen molar-refractivity contribution in [1.29, 1.82) is 0 Å². The molecule has 2 unspecified atom stereocenters. The standard InChI is InChI=1S/C75H137NO8/c1-6-8-10-12-14-16-18-20-22-24-26-27-28-29-30-31-32-33-34-35-36-37-38-39-40-41-42-43-44-45-46-47-48-50-52-54-56-58-60-62-64-66-73(78)84-71(70-83-75(74(79)80)81-68-67-76(3,4)5)69-82-72(77)65-63-61-59-57-55-53-51-49-25-23-21-19-17-15-13-11-9-7-2/h8,10,14,16,20,22-23,25-27,71,75H,6-7,9,11-13,15,17-19,21,24,28-70H2,1-5H3/p+1/b10-8-,16-14-,22-20-,25-23-,27-26-. The van der Waals surface area contributed by atoms with Gasteiger partial charge in [-0.25, -0.2) is 4.79 Å². The van der Waals surface area contributed by atoms with Crippen molar-refractivity contribution in [2.24, 2.45) is 0 Å².